The number of ether oxygens (including phenoxy) is 2. The Kier molecular flexibility index (Phi) is 8.07. The highest BCUT2D eigenvalue weighted by Crippen LogP contribution is 2.38. The fraction of sp³-hybridized carbons (Fsp3) is 0.174. The van der Waals surface area contributed by atoms with Gasteiger partial charge in [-0.3, -0.25) is 4.79 Å². The summed E-state index contributed by atoms with van der Waals surface area (Å²) >= 11 is 16.2. The summed E-state index contributed by atoms with van der Waals surface area (Å²) in [6.45, 7) is 2.15. The highest BCUT2D eigenvalue weighted by Gasteiger charge is 2.16. The molecule has 162 valence electrons. The van der Waals surface area contributed by atoms with Gasteiger partial charge in [0.05, 0.1) is 7.11 Å². The number of hydrogen-bond donors (Lipinski definition) is 2. The van der Waals surface area contributed by atoms with Gasteiger partial charge in [0.2, 0.25) is 5.91 Å². The molecule has 0 atom stereocenters. The summed E-state index contributed by atoms with van der Waals surface area (Å²) in [6, 6.07) is 16.5. The van der Waals surface area contributed by atoms with Gasteiger partial charge in [-0.15, -0.1) is 0 Å². The van der Waals surface area contributed by atoms with Crippen LogP contribution in [0, 0.1) is 0 Å². The van der Waals surface area contributed by atoms with Crippen molar-refractivity contribution in [3.63, 3.8) is 0 Å². The number of methoxy groups -OCH3 is 1. The molecular weight excluding hydrogens is 503 g/mol. The summed E-state index contributed by atoms with van der Waals surface area (Å²) < 4.78 is 12.5. The summed E-state index contributed by atoms with van der Waals surface area (Å²) in [4.78, 5) is 11.2. The van der Waals surface area contributed by atoms with Crippen LogP contribution in [0.4, 0.5) is 11.4 Å². The number of carbonyl (C=O) groups excluding carboxylic acids is 1. The average Bonchev–Trinajstić information content (AvgIpc) is 2.73. The molecule has 0 radical (unpaired) electrons. The number of amides is 1. The van der Waals surface area contributed by atoms with Crippen LogP contribution in [0.25, 0.3) is 0 Å². The maximum Gasteiger partial charge on any atom is 0.221 e. The average molecular weight is 524 g/mol. The van der Waals surface area contributed by atoms with Crippen molar-refractivity contribution in [2.24, 2.45) is 0 Å². The molecule has 0 aliphatic heterocycles. The summed E-state index contributed by atoms with van der Waals surface area (Å²) in [5.41, 5.74) is 3.22. The highest BCUT2D eigenvalue weighted by atomic mass is 79.9. The molecule has 0 aliphatic carbocycles. The minimum Gasteiger partial charge on any atom is -0.493 e. The standard InChI is InChI=1S/C23H21BrCl2N2O3/c1-14(29)28-16-8-6-15(7-9-16)27-12-17-19(24)10-11-22(30-2)23(17)31-13-18-20(25)4-3-5-21(18)26/h3-11,27H,12-13H2,1-2H3,(H,28,29). The third kappa shape index (κ3) is 6.06. The lowest BCUT2D eigenvalue weighted by molar-refractivity contribution is -0.114. The van der Waals surface area contributed by atoms with Crippen molar-refractivity contribution in [1.29, 1.82) is 0 Å². The first-order valence-corrected chi connectivity index (χ1v) is 11.0. The molecule has 0 aromatic heterocycles. The van der Waals surface area contributed by atoms with E-state index in [0.717, 1.165) is 21.4 Å². The number of nitrogens with one attached hydrogen (secondary N) is 2. The zero-order valence-corrected chi connectivity index (χ0v) is 20.1. The van der Waals surface area contributed by atoms with Crippen LogP contribution < -0.4 is 20.1 Å². The third-order valence-corrected chi connectivity index (χ3v) is 5.94. The van der Waals surface area contributed by atoms with Crippen molar-refractivity contribution in [1.82, 2.24) is 0 Å². The molecule has 3 aromatic rings. The van der Waals surface area contributed by atoms with Crippen molar-refractivity contribution in [2.45, 2.75) is 20.1 Å². The first-order chi connectivity index (χ1) is 14.9. The summed E-state index contributed by atoms with van der Waals surface area (Å²) in [6.07, 6.45) is 0. The van der Waals surface area contributed by atoms with Crippen LogP contribution in [0.15, 0.2) is 59.1 Å². The molecule has 2 N–H and O–H groups in total. The van der Waals surface area contributed by atoms with Gasteiger partial charge in [0, 0.05) is 50.5 Å². The van der Waals surface area contributed by atoms with E-state index >= 15 is 0 Å². The highest BCUT2D eigenvalue weighted by molar-refractivity contribution is 9.10. The first-order valence-electron chi connectivity index (χ1n) is 9.41. The van der Waals surface area contributed by atoms with Crippen LogP contribution in [0.3, 0.4) is 0 Å². The van der Waals surface area contributed by atoms with Gasteiger partial charge < -0.3 is 20.1 Å². The molecular formula is C23H21BrCl2N2O3. The molecule has 3 rings (SSSR count). The Hall–Kier alpha value is -2.41. The van der Waals surface area contributed by atoms with Crippen molar-refractivity contribution in [3.05, 3.63) is 80.2 Å². The molecule has 3 aromatic carbocycles. The van der Waals surface area contributed by atoms with E-state index in [-0.39, 0.29) is 12.5 Å². The molecule has 0 heterocycles. The molecule has 8 heteroatoms. The Morgan fingerprint density at radius 3 is 2.23 bits per heavy atom. The molecule has 0 saturated heterocycles. The summed E-state index contributed by atoms with van der Waals surface area (Å²) in [7, 11) is 1.59. The SMILES string of the molecule is COc1ccc(Br)c(CNc2ccc(NC(C)=O)cc2)c1OCc1c(Cl)cccc1Cl. The Morgan fingerprint density at radius 1 is 0.968 bits per heavy atom. The van der Waals surface area contributed by atoms with Crippen molar-refractivity contribution < 1.29 is 14.3 Å². The number of carbonyl (C=O) groups is 1. The minimum atomic E-state index is -0.110. The van der Waals surface area contributed by atoms with Gasteiger partial charge in [0.25, 0.3) is 0 Å². The predicted molar refractivity (Wildman–Crippen MR) is 130 cm³/mol. The second-order valence-electron chi connectivity index (χ2n) is 6.66. The van der Waals surface area contributed by atoms with Crippen LogP contribution in [0.5, 0.6) is 11.5 Å². The summed E-state index contributed by atoms with van der Waals surface area (Å²) in [5, 5.41) is 7.20. The van der Waals surface area contributed by atoms with Crippen LogP contribution in [-0.2, 0) is 17.9 Å². The van der Waals surface area contributed by atoms with E-state index in [1.165, 1.54) is 6.92 Å². The third-order valence-electron chi connectivity index (χ3n) is 4.48. The van der Waals surface area contributed by atoms with Crippen LogP contribution in [0.2, 0.25) is 10.0 Å². The van der Waals surface area contributed by atoms with Crippen molar-refractivity contribution in [2.75, 3.05) is 17.7 Å². The van der Waals surface area contributed by atoms with E-state index in [1.54, 1.807) is 25.3 Å². The lowest BCUT2D eigenvalue weighted by Gasteiger charge is -2.18. The largest absolute Gasteiger partial charge is 0.493 e. The molecule has 0 fully saturated rings. The van der Waals surface area contributed by atoms with Crippen LogP contribution in [0.1, 0.15) is 18.1 Å². The number of anilines is 2. The summed E-state index contributed by atoms with van der Waals surface area (Å²) in [5.74, 6) is 1.08. The smallest absolute Gasteiger partial charge is 0.221 e. The molecule has 31 heavy (non-hydrogen) atoms. The molecule has 0 unspecified atom stereocenters. The maximum atomic E-state index is 11.2. The van der Waals surface area contributed by atoms with E-state index in [0.29, 0.717) is 33.7 Å². The fourth-order valence-electron chi connectivity index (χ4n) is 2.95. The Balaban J connectivity index is 1.80. The molecule has 5 nitrogen and oxygen atoms in total. The van der Waals surface area contributed by atoms with E-state index in [4.69, 9.17) is 32.7 Å². The normalized spacial score (nSPS) is 10.5. The van der Waals surface area contributed by atoms with E-state index in [2.05, 4.69) is 26.6 Å². The van der Waals surface area contributed by atoms with Crippen molar-refractivity contribution >= 4 is 56.4 Å². The second-order valence-corrected chi connectivity index (χ2v) is 8.33. The second kappa shape index (κ2) is 10.8. The van der Waals surface area contributed by atoms with Crippen molar-refractivity contribution in [3.8, 4) is 11.5 Å². The van der Waals surface area contributed by atoms with E-state index < -0.39 is 0 Å². The number of rotatable bonds is 8. The van der Waals surface area contributed by atoms with E-state index in [9.17, 15) is 4.79 Å². The minimum absolute atomic E-state index is 0.110. The van der Waals surface area contributed by atoms with Gasteiger partial charge in [-0.2, -0.15) is 0 Å². The maximum absolute atomic E-state index is 11.2. The van der Waals surface area contributed by atoms with E-state index in [1.807, 2.05) is 36.4 Å². The van der Waals surface area contributed by atoms with Gasteiger partial charge in [0.1, 0.15) is 6.61 Å². The quantitative estimate of drug-likeness (QED) is 0.336. The molecule has 1 amide bonds. The van der Waals surface area contributed by atoms with Gasteiger partial charge >= 0.3 is 0 Å². The number of benzene rings is 3. The zero-order chi connectivity index (χ0) is 22.4. The predicted octanol–water partition coefficient (Wildman–Crippen LogP) is 6.91. The lowest BCUT2D eigenvalue weighted by Crippen LogP contribution is -2.07. The first kappa shape index (κ1) is 23.3. The Labute approximate surface area is 199 Å². The molecule has 0 bridgehead atoms. The van der Waals surface area contributed by atoms with Crippen LogP contribution >= 0.6 is 39.1 Å². The lowest BCUT2D eigenvalue weighted by atomic mass is 10.1. The van der Waals surface area contributed by atoms with Gasteiger partial charge in [-0.25, -0.2) is 0 Å². The molecule has 0 aliphatic rings. The van der Waals surface area contributed by atoms with Crippen LogP contribution in [-0.4, -0.2) is 13.0 Å². The van der Waals surface area contributed by atoms with Gasteiger partial charge in [0.15, 0.2) is 11.5 Å². The zero-order valence-electron chi connectivity index (χ0n) is 17.0. The molecule has 0 saturated carbocycles. The molecule has 0 spiro atoms. The van der Waals surface area contributed by atoms with Gasteiger partial charge in [-0.05, 0) is 48.5 Å². The number of hydrogen-bond acceptors (Lipinski definition) is 4. The Morgan fingerprint density at radius 2 is 1.61 bits per heavy atom. The fourth-order valence-corrected chi connectivity index (χ4v) is 3.90. The Bertz CT molecular complexity index is 1050. The van der Waals surface area contributed by atoms with Gasteiger partial charge in [-0.1, -0.05) is 45.2 Å². The monoisotopic (exact) mass is 522 g/mol. The number of halogens is 3. The topological polar surface area (TPSA) is 59.6 Å².